The van der Waals surface area contributed by atoms with Crippen molar-refractivity contribution in [1.82, 2.24) is 10.2 Å². The fraction of sp³-hybridized carbons (Fsp3) is 0.267. The number of amides is 1. The van der Waals surface area contributed by atoms with E-state index in [1.807, 2.05) is 6.92 Å². The first-order valence-corrected chi connectivity index (χ1v) is 7.32. The lowest BCUT2D eigenvalue weighted by Gasteiger charge is -2.11. The quantitative estimate of drug-likeness (QED) is 0.914. The molecule has 0 radical (unpaired) electrons. The van der Waals surface area contributed by atoms with E-state index in [0.717, 1.165) is 5.56 Å². The number of hydrogen-bond donors (Lipinski definition) is 1. The number of carbonyl (C=O) groups is 1. The predicted molar refractivity (Wildman–Crippen MR) is 82.9 cm³/mol. The topological polar surface area (TPSA) is 54.9 Å². The van der Waals surface area contributed by atoms with E-state index in [-0.39, 0.29) is 5.91 Å². The second kappa shape index (κ2) is 6.30. The Balaban J connectivity index is 2.34. The number of nitrogens with zero attached hydrogens (tertiary/aromatic N) is 2. The molecule has 21 heavy (non-hydrogen) atoms. The highest BCUT2D eigenvalue weighted by Crippen LogP contribution is 2.24. The first-order chi connectivity index (χ1) is 9.92. The minimum Gasteiger partial charge on any atom is -0.322 e. The van der Waals surface area contributed by atoms with E-state index in [0.29, 0.717) is 33.5 Å². The van der Waals surface area contributed by atoms with Crippen LogP contribution in [0, 0.1) is 19.7 Å². The standard InChI is InChI=1S/C15H15BrFN3O/c1-4-13-10(6-9(3)19-20-13)15(21)18-14-7-12(17)11(16)5-8(14)2/h5-7H,4H2,1-3H3,(H,18,21). The minimum absolute atomic E-state index is 0.310. The molecule has 1 amide bonds. The van der Waals surface area contributed by atoms with Crippen LogP contribution in [0.3, 0.4) is 0 Å². The Hall–Kier alpha value is -1.82. The Kier molecular flexibility index (Phi) is 4.67. The van der Waals surface area contributed by atoms with E-state index >= 15 is 0 Å². The van der Waals surface area contributed by atoms with Crippen LogP contribution in [0.5, 0.6) is 0 Å². The number of halogens is 2. The molecule has 0 saturated heterocycles. The SMILES string of the molecule is CCc1nnc(C)cc1C(=O)Nc1cc(F)c(Br)cc1C. The molecule has 0 bridgehead atoms. The monoisotopic (exact) mass is 351 g/mol. The highest BCUT2D eigenvalue weighted by atomic mass is 79.9. The van der Waals surface area contributed by atoms with Gasteiger partial charge in [-0.1, -0.05) is 6.92 Å². The molecule has 0 aliphatic rings. The highest BCUT2D eigenvalue weighted by molar-refractivity contribution is 9.10. The first kappa shape index (κ1) is 15.6. The van der Waals surface area contributed by atoms with E-state index in [4.69, 9.17) is 0 Å². The van der Waals surface area contributed by atoms with Crippen LogP contribution in [0.15, 0.2) is 22.7 Å². The van der Waals surface area contributed by atoms with E-state index in [9.17, 15) is 9.18 Å². The molecule has 0 fully saturated rings. The van der Waals surface area contributed by atoms with Crippen LogP contribution in [0.1, 0.15) is 34.2 Å². The van der Waals surface area contributed by atoms with Gasteiger partial charge >= 0.3 is 0 Å². The fourth-order valence-electron chi connectivity index (χ4n) is 1.94. The molecule has 0 atom stereocenters. The number of anilines is 1. The molecule has 2 rings (SSSR count). The van der Waals surface area contributed by atoms with Crippen LogP contribution in [-0.4, -0.2) is 16.1 Å². The van der Waals surface area contributed by atoms with Gasteiger partial charge in [0.05, 0.1) is 21.4 Å². The van der Waals surface area contributed by atoms with E-state index < -0.39 is 5.82 Å². The van der Waals surface area contributed by atoms with Crippen molar-refractivity contribution in [2.75, 3.05) is 5.32 Å². The van der Waals surface area contributed by atoms with Crippen LogP contribution in [0.25, 0.3) is 0 Å². The maximum absolute atomic E-state index is 13.6. The van der Waals surface area contributed by atoms with Crippen molar-refractivity contribution in [3.05, 3.63) is 51.0 Å². The number of benzene rings is 1. The average Bonchev–Trinajstić information content (AvgIpc) is 2.44. The van der Waals surface area contributed by atoms with Gasteiger partial charge < -0.3 is 5.32 Å². The maximum Gasteiger partial charge on any atom is 0.257 e. The van der Waals surface area contributed by atoms with Crippen LogP contribution in [0.2, 0.25) is 0 Å². The Morgan fingerprint density at radius 2 is 2.00 bits per heavy atom. The third kappa shape index (κ3) is 3.44. The summed E-state index contributed by atoms with van der Waals surface area (Å²) in [6.07, 6.45) is 0.601. The van der Waals surface area contributed by atoms with Crippen LogP contribution >= 0.6 is 15.9 Å². The molecule has 0 spiro atoms. The summed E-state index contributed by atoms with van der Waals surface area (Å²) in [5.74, 6) is -0.731. The summed E-state index contributed by atoms with van der Waals surface area (Å²) in [6, 6.07) is 4.61. The van der Waals surface area contributed by atoms with Crippen molar-refractivity contribution in [3.63, 3.8) is 0 Å². The Bertz CT molecular complexity index is 704. The molecule has 0 unspecified atom stereocenters. The molecular formula is C15H15BrFN3O. The number of rotatable bonds is 3. The summed E-state index contributed by atoms with van der Waals surface area (Å²) in [6.45, 7) is 5.48. The maximum atomic E-state index is 13.6. The largest absolute Gasteiger partial charge is 0.322 e. The van der Waals surface area contributed by atoms with E-state index in [1.54, 1.807) is 26.0 Å². The van der Waals surface area contributed by atoms with Gasteiger partial charge in [-0.25, -0.2) is 4.39 Å². The third-order valence-electron chi connectivity index (χ3n) is 3.09. The normalized spacial score (nSPS) is 10.5. The molecule has 6 heteroatoms. The molecule has 0 aliphatic carbocycles. The zero-order valence-corrected chi connectivity index (χ0v) is 13.6. The second-order valence-corrected chi connectivity index (χ2v) is 5.59. The summed E-state index contributed by atoms with van der Waals surface area (Å²) in [5, 5.41) is 10.7. The van der Waals surface area contributed by atoms with Gasteiger partial charge in [-0.05, 0) is 60.0 Å². The van der Waals surface area contributed by atoms with E-state index in [2.05, 4.69) is 31.4 Å². The van der Waals surface area contributed by atoms with Crippen molar-refractivity contribution in [1.29, 1.82) is 0 Å². The predicted octanol–water partition coefficient (Wildman–Crippen LogP) is 3.81. The van der Waals surface area contributed by atoms with Gasteiger partial charge in [0, 0.05) is 5.69 Å². The zero-order valence-electron chi connectivity index (χ0n) is 12.0. The molecule has 1 aromatic heterocycles. The molecule has 0 aliphatic heterocycles. The Morgan fingerprint density at radius 1 is 1.29 bits per heavy atom. The van der Waals surface area contributed by atoms with Gasteiger partial charge in [-0.2, -0.15) is 10.2 Å². The summed E-state index contributed by atoms with van der Waals surface area (Å²) >= 11 is 3.12. The van der Waals surface area contributed by atoms with Crippen molar-refractivity contribution in [2.24, 2.45) is 0 Å². The summed E-state index contributed by atoms with van der Waals surface area (Å²) in [4.78, 5) is 12.4. The second-order valence-electron chi connectivity index (χ2n) is 4.74. The number of nitrogens with one attached hydrogen (secondary N) is 1. The molecule has 4 nitrogen and oxygen atoms in total. The number of carbonyl (C=O) groups excluding carboxylic acids is 1. The van der Waals surface area contributed by atoms with E-state index in [1.165, 1.54) is 6.07 Å². The zero-order chi connectivity index (χ0) is 15.6. The summed E-state index contributed by atoms with van der Waals surface area (Å²) in [7, 11) is 0. The summed E-state index contributed by atoms with van der Waals surface area (Å²) < 4.78 is 14.0. The molecule has 2 aromatic rings. The lowest BCUT2D eigenvalue weighted by Crippen LogP contribution is -2.17. The van der Waals surface area contributed by atoms with Crippen molar-refractivity contribution in [3.8, 4) is 0 Å². The number of hydrogen-bond acceptors (Lipinski definition) is 3. The fourth-order valence-corrected chi connectivity index (χ4v) is 2.40. The number of aromatic nitrogens is 2. The molecular weight excluding hydrogens is 337 g/mol. The van der Waals surface area contributed by atoms with Gasteiger partial charge in [0.1, 0.15) is 5.82 Å². The number of aryl methyl sites for hydroxylation is 3. The van der Waals surface area contributed by atoms with Gasteiger partial charge in [0.25, 0.3) is 5.91 Å². The highest BCUT2D eigenvalue weighted by Gasteiger charge is 2.15. The van der Waals surface area contributed by atoms with Gasteiger partial charge in [0.15, 0.2) is 0 Å². The molecule has 110 valence electrons. The van der Waals surface area contributed by atoms with Crippen LogP contribution < -0.4 is 5.32 Å². The molecule has 0 saturated carbocycles. The lowest BCUT2D eigenvalue weighted by atomic mass is 10.1. The Morgan fingerprint density at radius 3 is 2.67 bits per heavy atom. The van der Waals surface area contributed by atoms with Crippen molar-refractivity contribution >= 4 is 27.5 Å². The summed E-state index contributed by atoms with van der Waals surface area (Å²) in [5.41, 5.74) is 2.96. The average molecular weight is 352 g/mol. The molecule has 1 aromatic carbocycles. The molecule has 1 N–H and O–H groups in total. The smallest absolute Gasteiger partial charge is 0.257 e. The van der Waals surface area contributed by atoms with Gasteiger partial charge in [-0.3, -0.25) is 4.79 Å². The third-order valence-corrected chi connectivity index (χ3v) is 3.70. The van der Waals surface area contributed by atoms with Crippen molar-refractivity contribution in [2.45, 2.75) is 27.2 Å². The van der Waals surface area contributed by atoms with Crippen LogP contribution in [0.4, 0.5) is 10.1 Å². The van der Waals surface area contributed by atoms with Gasteiger partial charge in [0.2, 0.25) is 0 Å². The van der Waals surface area contributed by atoms with Crippen LogP contribution in [-0.2, 0) is 6.42 Å². The first-order valence-electron chi connectivity index (χ1n) is 6.52. The van der Waals surface area contributed by atoms with Gasteiger partial charge in [-0.15, -0.1) is 0 Å². The molecule has 1 heterocycles. The van der Waals surface area contributed by atoms with Crippen molar-refractivity contribution < 1.29 is 9.18 Å². The lowest BCUT2D eigenvalue weighted by molar-refractivity contribution is 0.102. The minimum atomic E-state index is -0.421. The Labute approximate surface area is 130 Å².